The first kappa shape index (κ1) is 28.9. The molecule has 0 aliphatic heterocycles. The number of aliphatic hydroxyl groups excluding tert-OH is 2. The molecule has 1 rings (SSSR count). The van der Waals surface area contributed by atoms with Crippen molar-refractivity contribution in [3.05, 3.63) is 35.9 Å². The van der Waals surface area contributed by atoms with E-state index in [1.807, 2.05) is 18.2 Å². The first-order valence-corrected chi connectivity index (χ1v) is 11.1. The van der Waals surface area contributed by atoms with Crippen LogP contribution in [0.5, 0.6) is 0 Å². The molecule has 1 aromatic carbocycles. The van der Waals surface area contributed by atoms with Crippen LogP contribution in [0.1, 0.15) is 39.7 Å². The molecule has 0 aliphatic rings. The zero-order valence-corrected chi connectivity index (χ0v) is 19.9. The summed E-state index contributed by atoms with van der Waals surface area (Å²) in [5.41, 5.74) is 0.788. The number of rotatable bonds is 13. The van der Waals surface area contributed by atoms with Crippen LogP contribution in [0.2, 0.25) is 0 Å². The summed E-state index contributed by atoms with van der Waals surface area (Å²) < 4.78 is 9.97. The van der Waals surface area contributed by atoms with E-state index in [1.165, 1.54) is 6.92 Å². The van der Waals surface area contributed by atoms with E-state index >= 15 is 0 Å². The van der Waals surface area contributed by atoms with Crippen LogP contribution in [0.15, 0.2) is 30.3 Å². The topological polar surface area (TPSA) is 163 Å². The highest BCUT2D eigenvalue weighted by Crippen LogP contribution is 2.06. The molecular formula is C23H35N3O8. The number of amides is 3. The van der Waals surface area contributed by atoms with Gasteiger partial charge in [0, 0.05) is 0 Å². The Balaban J connectivity index is 2.68. The van der Waals surface area contributed by atoms with Crippen molar-refractivity contribution in [2.45, 2.75) is 65.0 Å². The Morgan fingerprint density at radius 1 is 0.941 bits per heavy atom. The summed E-state index contributed by atoms with van der Waals surface area (Å²) in [6.45, 7) is 5.94. The second-order valence-corrected chi connectivity index (χ2v) is 8.03. The van der Waals surface area contributed by atoms with Crippen molar-refractivity contribution in [1.29, 1.82) is 0 Å². The fourth-order valence-electron chi connectivity index (χ4n) is 2.91. The van der Waals surface area contributed by atoms with Gasteiger partial charge in [-0.05, 0) is 25.3 Å². The number of alkyl carbamates (subject to hydrolysis) is 1. The van der Waals surface area contributed by atoms with E-state index in [-0.39, 0.29) is 25.6 Å². The van der Waals surface area contributed by atoms with E-state index in [1.54, 1.807) is 32.9 Å². The van der Waals surface area contributed by atoms with Crippen molar-refractivity contribution in [1.82, 2.24) is 16.0 Å². The molecule has 0 heterocycles. The van der Waals surface area contributed by atoms with Gasteiger partial charge in [-0.3, -0.25) is 14.4 Å². The standard InChI is InChI=1S/C23H35N3O8/c1-5-33-19(29)11-17(18(28)12-27)25-21(30)15(4)24-22(31)20(14(2)3)26-23(32)34-13-16-9-7-6-8-10-16/h6-10,14-15,17-18,20,27-28H,5,11-13H2,1-4H3,(H,24,31)(H,25,30)(H,26,32)/t15-,17+,18+,20-/m0/s1. The fraction of sp³-hybridized carbons (Fsp3) is 0.565. The second-order valence-electron chi connectivity index (χ2n) is 8.03. The third kappa shape index (κ3) is 10.2. The van der Waals surface area contributed by atoms with Gasteiger partial charge in [0.15, 0.2) is 0 Å². The Kier molecular flexibility index (Phi) is 12.6. The van der Waals surface area contributed by atoms with Crippen LogP contribution in [0.25, 0.3) is 0 Å². The smallest absolute Gasteiger partial charge is 0.408 e. The number of carbonyl (C=O) groups is 4. The van der Waals surface area contributed by atoms with Crippen LogP contribution < -0.4 is 16.0 Å². The molecule has 0 saturated heterocycles. The maximum Gasteiger partial charge on any atom is 0.408 e. The van der Waals surface area contributed by atoms with E-state index < -0.39 is 54.7 Å². The lowest BCUT2D eigenvalue weighted by atomic mass is 10.0. The van der Waals surface area contributed by atoms with Gasteiger partial charge in [-0.25, -0.2) is 4.79 Å². The summed E-state index contributed by atoms with van der Waals surface area (Å²) >= 11 is 0. The molecule has 11 nitrogen and oxygen atoms in total. The van der Waals surface area contributed by atoms with Gasteiger partial charge in [-0.15, -0.1) is 0 Å². The van der Waals surface area contributed by atoms with E-state index in [4.69, 9.17) is 9.47 Å². The van der Waals surface area contributed by atoms with Gasteiger partial charge in [0.1, 0.15) is 18.7 Å². The highest BCUT2D eigenvalue weighted by molar-refractivity contribution is 5.91. The van der Waals surface area contributed by atoms with Crippen LogP contribution in [0.4, 0.5) is 4.79 Å². The number of carbonyl (C=O) groups excluding carboxylic acids is 4. The van der Waals surface area contributed by atoms with Crippen molar-refractivity contribution in [3.63, 3.8) is 0 Å². The summed E-state index contributed by atoms with van der Waals surface area (Å²) in [5.74, 6) is -2.27. The SMILES string of the molecule is CCOC(=O)C[C@@H](NC(=O)[C@H](C)NC(=O)[C@@H](NC(=O)OCc1ccccc1)C(C)C)[C@H](O)CO. The quantitative estimate of drug-likeness (QED) is 0.250. The van der Waals surface area contributed by atoms with Crippen molar-refractivity contribution in [2.24, 2.45) is 5.92 Å². The largest absolute Gasteiger partial charge is 0.466 e. The lowest BCUT2D eigenvalue weighted by Gasteiger charge is -2.26. The predicted octanol–water partition coefficient (Wildman–Crippen LogP) is 0.233. The van der Waals surface area contributed by atoms with Gasteiger partial charge in [0.2, 0.25) is 11.8 Å². The zero-order chi connectivity index (χ0) is 25.7. The number of ether oxygens (including phenoxy) is 2. The molecule has 0 bridgehead atoms. The number of hydrogen-bond donors (Lipinski definition) is 5. The number of aliphatic hydroxyl groups is 2. The number of esters is 1. The lowest BCUT2D eigenvalue weighted by Crippen LogP contribution is -2.56. The minimum Gasteiger partial charge on any atom is -0.466 e. The molecule has 34 heavy (non-hydrogen) atoms. The Hall–Kier alpha value is -3.18. The van der Waals surface area contributed by atoms with Crippen LogP contribution >= 0.6 is 0 Å². The van der Waals surface area contributed by atoms with Gasteiger partial charge < -0.3 is 35.6 Å². The molecule has 0 saturated carbocycles. The highest BCUT2D eigenvalue weighted by Gasteiger charge is 2.30. The monoisotopic (exact) mass is 481 g/mol. The molecule has 0 spiro atoms. The van der Waals surface area contributed by atoms with Crippen LogP contribution in [-0.4, -0.2) is 71.5 Å². The molecule has 11 heteroatoms. The fourth-order valence-corrected chi connectivity index (χ4v) is 2.91. The minimum absolute atomic E-state index is 0.0347. The summed E-state index contributed by atoms with van der Waals surface area (Å²) in [7, 11) is 0. The third-order valence-corrected chi connectivity index (χ3v) is 4.86. The van der Waals surface area contributed by atoms with Crippen molar-refractivity contribution < 1.29 is 38.9 Å². The zero-order valence-electron chi connectivity index (χ0n) is 19.9. The average molecular weight is 482 g/mol. The first-order chi connectivity index (χ1) is 16.1. The van der Waals surface area contributed by atoms with E-state index in [0.717, 1.165) is 5.56 Å². The molecule has 0 fully saturated rings. The summed E-state index contributed by atoms with van der Waals surface area (Å²) in [6, 6.07) is 5.90. The van der Waals surface area contributed by atoms with Gasteiger partial charge >= 0.3 is 12.1 Å². The molecule has 0 aromatic heterocycles. The maximum absolute atomic E-state index is 12.7. The summed E-state index contributed by atoms with van der Waals surface area (Å²) in [5, 5.41) is 26.6. The number of nitrogens with one attached hydrogen (secondary N) is 3. The Morgan fingerprint density at radius 2 is 1.59 bits per heavy atom. The van der Waals surface area contributed by atoms with Crippen LogP contribution in [-0.2, 0) is 30.5 Å². The van der Waals surface area contributed by atoms with Gasteiger partial charge in [-0.2, -0.15) is 0 Å². The van der Waals surface area contributed by atoms with Crippen LogP contribution in [0, 0.1) is 5.92 Å². The lowest BCUT2D eigenvalue weighted by molar-refractivity contribution is -0.145. The predicted molar refractivity (Wildman–Crippen MR) is 122 cm³/mol. The Labute approximate surface area is 199 Å². The van der Waals surface area contributed by atoms with E-state index in [9.17, 15) is 29.4 Å². The first-order valence-electron chi connectivity index (χ1n) is 11.1. The molecule has 1 aromatic rings. The normalized spacial score (nSPS) is 14.3. The minimum atomic E-state index is -1.40. The number of hydrogen-bond acceptors (Lipinski definition) is 8. The number of benzene rings is 1. The Morgan fingerprint density at radius 3 is 2.15 bits per heavy atom. The molecular weight excluding hydrogens is 446 g/mol. The van der Waals surface area contributed by atoms with Crippen molar-refractivity contribution in [3.8, 4) is 0 Å². The molecule has 0 unspecified atom stereocenters. The Bertz CT molecular complexity index is 803. The highest BCUT2D eigenvalue weighted by atomic mass is 16.5. The molecule has 3 amide bonds. The third-order valence-electron chi connectivity index (χ3n) is 4.86. The van der Waals surface area contributed by atoms with Crippen molar-refractivity contribution >= 4 is 23.9 Å². The average Bonchev–Trinajstić information content (AvgIpc) is 2.80. The molecule has 190 valence electrons. The second kappa shape index (κ2) is 14.9. The van der Waals surface area contributed by atoms with E-state index in [2.05, 4.69) is 16.0 Å². The van der Waals surface area contributed by atoms with E-state index in [0.29, 0.717) is 0 Å². The maximum atomic E-state index is 12.7. The van der Waals surface area contributed by atoms with Crippen LogP contribution in [0.3, 0.4) is 0 Å². The molecule has 0 radical (unpaired) electrons. The van der Waals surface area contributed by atoms with Gasteiger partial charge in [-0.1, -0.05) is 44.2 Å². The summed E-state index contributed by atoms with van der Waals surface area (Å²) in [4.78, 5) is 49.2. The molecule has 5 N–H and O–H groups in total. The van der Waals surface area contributed by atoms with Gasteiger partial charge in [0.05, 0.1) is 31.8 Å². The van der Waals surface area contributed by atoms with Crippen molar-refractivity contribution in [2.75, 3.05) is 13.2 Å². The molecule has 0 aliphatic carbocycles. The summed E-state index contributed by atoms with van der Waals surface area (Å²) in [6.07, 6.45) is -2.54. The van der Waals surface area contributed by atoms with Gasteiger partial charge in [0.25, 0.3) is 0 Å². The molecule has 4 atom stereocenters.